The molecule has 1 aliphatic heterocycles. The van der Waals surface area contributed by atoms with Crippen molar-refractivity contribution in [2.24, 2.45) is 39.9 Å². The molecule has 3 N–H and O–H groups in total. The molecule has 5 fully saturated rings. The van der Waals surface area contributed by atoms with Gasteiger partial charge in [-0.3, -0.25) is 9.59 Å². The third-order valence-corrected chi connectivity index (χ3v) is 12.5. The van der Waals surface area contributed by atoms with Gasteiger partial charge in [0, 0.05) is 29.8 Å². The third-order valence-electron chi connectivity index (χ3n) is 12.5. The number of hydrogen-bond acceptors (Lipinski definition) is 7. The molecule has 42 heavy (non-hydrogen) atoms. The minimum atomic E-state index is -1.19. The second-order valence-corrected chi connectivity index (χ2v) is 14.2. The summed E-state index contributed by atoms with van der Waals surface area (Å²) in [6.45, 7) is 5.37. The Labute approximate surface area is 248 Å². The van der Waals surface area contributed by atoms with Crippen LogP contribution >= 0.6 is 0 Å². The van der Waals surface area contributed by atoms with Crippen molar-refractivity contribution in [3.63, 3.8) is 0 Å². The molecule has 230 valence electrons. The lowest BCUT2D eigenvalue weighted by Crippen LogP contribution is -2.61. The Bertz CT molecular complexity index is 1220. The van der Waals surface area contributed by atoms with E-state index in [-0.39, 0.29) is 54.5 Å². The van der Waals surface area contributed by atoms with Crippen LogP contribution in [-0.4, -0.2) is 76.6 Å². The quantitative estimate of drug-likeness (QED) is 0.424. The van der Waals surface area contributed by atoms with E-state index in [1.54, 1.807) is 19.1 Å². The van der Waals surface area contributed by atoms with E-state index in [2.05, 4.69) is 12.2 Å². The highest BCUT2D eigenvalue weighted by molar-refractivity contribution is 6.01. The Balaban J connectivity index is 1.40. The minimum Gasteiger partial charge on any atom is -0.464 e. The van der Waals surface area contributed by atoms with Crippen LogP contribution in [-0.2, 0) is 19.1 Å². The number of aliphatic hydroxyl groups excluding tert-OH is 2. The van der Waals surface area contributed by atoms with E-state index >= 15 is 0 Å². The van der Waals surface area contributed by atoms with Gasteiger partial charge in [0.15, 0.2) is 11.6 Å². The molecule has 1 unspecified atom stereocenters. The molecule has 9 heteroatoms. The topological polar surface area (TPSA) is 133 Å². The van der Waals surface area contributed by atoms with Gasteiger partial charge < -0.3 is 25.2 Å². The lowest BCUT2D eigenvalue weighted by molar-refractivity contribution is -0.158. The molecule has 0 spiro atoms. The Kier molecular flexibility index (Phi) is 7.44. The number of carbonyl (C=O) groups is 4. The zero-order valence-electron chi connectivity index (χ0n) is 25.1. The number of carbonyl (C=O) groups excluding carboxylic acids is 4. The number of aliphatic hydroxyl groups is 2. The van der Waals surface area contributed by atoms with Gasteiger partial charge in [0.1, 0.15) is 12.6 Å². The average Bonchev–Trinajstić information content (AvgIpc) is 3.44. The number of nitrogens with one attached hydrogen (secondary N) is 1. The molecule has 2 amide bonds. The second kappa shape index (κ2) is 10.6. The standard InChI is InChI=1S/C33H46N2O7/c1-4-42-29(40)28-24-15-23-22-11-10-19-14-21(37)12-13-31(19,2)27(22)25(38)16-32(23,3)33(24,26(39)17-36)18-35(28)30(41)34-20-8-6-5-7-9-20/h12-14,20,22-25,27-28,36,38H,4-11,15-18H2,1-3H3,(H,34,41)/t22-,23-,24-,25-,27+,28?,31-,32-,33+/m0/s1. The summed E-state index contributed by atoms with van der Waals surface area (Å²) < 4.78 is 5.54. The van der Waals surface area contributed by atoms with Gasteiger partial charge in [0.05, 0.1) is 18.1 Å². The van der Waals surface area contributed by atoms with E-state index in [1.807, 2.05) is 13.0 Å². The average molecular weight is 583 g/mol. The van der Waals surface area contributed by atoms with Crippen molar-refractivity contribution in [2.45, 2.75) is 96.7 Å². The fourth-order valence-corrected chi connectivity index (χ4v) is 10.8. The molecule has 0 radical (unpaired) electrons. The highest BCUT2D eigenvalue weighted by Gasteiger charge is 2.76. The number of esters is 1. The predicted molar refractivity (Wildman–Crippen MR) is 154 cm³/mol. The summed E-state index contributed by atoms with van der Waals surface area (Å²) in [5, 5.41) is 25.4. The molecule has 6 rings (SSSR count). The van der Waals surface area contributed by atoms with Crippen LogP contribution in [0.5, 0.6) is 0 Å². The summed E-state index contributed by atoms with van der Waals surface area (Å²) in [6, 6.07) is -1.27. The molecule has 0 bridgehead atoms. The number of allylic oxidation sites excluding steroid dienone is 4. The van der Waals surface area contributed by atoms with Crippen molar-refractivity contribution in [2.75, 3.05) is 19.8 Å². The van der Waals surface area contributed by atoms with Gasteiger partial charge in [-0.2, -0.15) is 0 Å². The largest absolute Gasteiger partial charge is 0.464 e. The lowest BCUT2D eigenvalue weighted by atomic mass is 9.44. The Hall–Kier alpha value is -2.52. The summed E-state index contributed by atoms with van der Waals surface area (Å²) >= 11 is 0. The van der Waals surface area contributed by atoms with Crippen molar-refractivity contribution in [1.29, 1.82) is 0 Å². The Morgan fingerprint density at radius 2 is 1.86 bits per heavy atom. The monoisotopic (exact) mass is 582 g/mol. The van der Waals surface area contributed by atoms with Crippen LogP contribution in [0, 0.1) is 39.9 Å². The predicted octanol–water partition coefficient (Wildman–Crippen LogP) is 3.33. The van der Waals surface area contributed by atoms with Gasteiger partial charge in [-0.15, -0.1) is 0 Å². The van der Waals surface area contributed by atoms with Crippen molar-refractivity contribution in [3.8, 4) is 0 Å². The second-order valence-electron chi connectivity index (χ2n) is 14.2. The summed E-state index contributed by atoms with van der Waals surface area (Å²) in [5.74, 6) is -1.51. The number of urea groups is 1. The molecule has 0 aromatic carbocycles. The normalized spacial score (nSPS) is 42.6. The van der Waals surface area contributed by atoms with E-state index in [4.69, 9.17) is 4.74 Å². The highest BCUT2D eigenvalue weighted by Crippen LogP contribution is 2.73. The zero-order valence-corrected chi connectivity index (χ0v) is 25.1. The van der Waals surface area contributed by atoms with E-state index in [0.29, 0.717) is 12.8 Å². The molecule has 4 saturated carbocycles. The number of rotatable bonds is 5. The fraction of sp³-hybridized carbons (Fsp3) is 0.758. The zero-order chi connectivity index (χ0) is 30.0. The van der Waals surface area contributed by atoms with Crippen LogP contribution in [0.3, 0.4) is 0 Å². The van der Waals surface area contributed by atoms with Crippen molar-refractivity contribution >= 4 is 23.6 Å². The molecule has 5 aliphatic carbocycles. The lowest BCUT2D eigenvalue weighted by Gasteiger charge is -2.60. The number of ketones is 2. The third kappa shape index (κ3) is 4.09. The first-order valence-corrected chi connectivity index (χ1v) is 16.0. The molecule has 1 saturated heterocycles. The summed E-state index contributed by atoms with van der Waals surface area (Å²) in [6.07, 6.45) is 11.9. The van der Waals surface area contributed by atoms with Gasteiger partial charge in [-0.05, 0) is 74.9 Å². The molecule has 0 aromatic heterocycles. The summed E-state index contributed by atoms with van der Waals surface area (Å²) in [5.41, 5.74) is -1.34. The Morgan fingerprint density at radius 3 is 2.55 bits per heavy atom. The maximum absolute atomic E-state index is 14.1. The van der Waals surface area contributed by atoms with E-state index in [0.717, 1.165) is 50.5 Å². The van der Waals surface area contributed by atoms with Crippen LogP contribution in [0.4, 0.5) is 4.79 Å². The number of fused-ring (bicyclic) bond motifs is 7. The van der Waals surface area contributed by atoms with E-state index in [9.17, 15) is 29.4 Å². The smallest absolute Gasteiger partial charge is 0.329 e. The van der Waals surface area contributed by atoms with Crippen LogP contribution < -0.4 is 5.32 Å². The number of nitrogens with zero attached hydrogens (tertiary/aromatic N) is 1. The minimum absolute atomic E-state index is 0.00344. The molecular weight excluding hydrogens is 536 g/mol. The molecule has 0 aromatic rings. The van der Waals surface area contributed by atoms with Crippen LogP contribution in [0.2, 0.25) is 0 Å². The number of Topliss-reactive ketones (excluding diaryl/α,β-unsaturated/α-hetero) is 1. The van der Waals surface area contributed by atoms with Gasteiger partial charge in [0.2, 0.25) is 0 Å². The van der Waals surface area contributed by atoms with Crippen molar-refractivity contribution < 1.29 is 34.1 Å². The fourth-order valence-electron chi connectivity index (χ4n) is 10.8. The molecule has 6 aliphatic rings. The number of amides is 2. The first-order valence-electron chi connectivity index (χ1n) is 16.0. The van der Waals surface area contributed by atoms with Gasteiger partial charge in [-0.1, -0.05) is 44.8 Å². The van der Waals surface area contributed by atoms with Gasteiger partial charge >= 0.3 is 12.0 Å². The van der Waals surface area contributed by atoms with Crippen LogP contribution in [0.15, 0.2) is 23.8 Å². The van der Waals surface area contributed by atoms with Gasteiger partial charge in [-0.25, -0.2) is 9.59 Å². The summed E-state index contributed by atoms with van der Waals surface area (Å²) in [7, 11) is 0. The number of ether oxygens (including phenoxy) is 1. The molecule has 9 nitrogen and oxygen atoms in total. The van der Waals surface area contributed by atoms with Crippen LogP contribution in [0.25, 0.3) is 0 Å². The van der Waals surface area contributed by atoms with Gasteiger partial charge in [0.25, 0.3) is 0 Å². The first-order chi connectivity index (χ1) is 20.0. The van der Waals surface area contributed by atoms with Crippen LogP contribution in [0.1, 0.15) is 78.6 Å². The first kappa shape index (κ1) is 29.5. The maximum Gasteiger partial charge on any atom is 0.329 e. The van der Waals surface area contributed by atoms with E-state index < -0.39 is 46.9 Å². The molecular formula is C33H46N2O7. The maximum atomic E-state index is 14.1. The SMILES string of the molecule is CCOC(=O)C1[C@@H]2C[C@H]3[C@@H]4CCC5=CC(=O)C=C[C@]5(C)[C@H]4[C@@H](O)C[C@]3(C)[C@]2(C(=O)CO)CN1C(=O)NC1CCCCC1. The van der Waals surface area contributed by atoms with Crippen molar-refractivity contribution in [1.82, 2.24) is 10.2 Å². The molecule has 9 atom stereocenters. The number of hydrogen-bond donors (Lipinski definition) is 3. The Morgan fingerprint density at radius 1 is 1.12 bits per heavy atom. The number of likely N-dealkylation sites (tertiary alicyclic amines) is 1. The highest BCUT2D eigenvalue weighted by atomic mass is 16.5. The van der Waals surface area contributed by atoms with Crippen molar-refractivity contribution in [3.05, 3.63) is 23.8 Å². The molecule has 1 heterocycles. The summed E-state index contributed by atoms with van der Waals surface area (Å²) in [4.78, 5) is 55.3. The van der Waals surface area contributed by atoms with E-state index in [1.165, 1.54) is 4.90 Å².